The van der Waals surface area contributed by atoms with Crippen molar-refractivity contribution < 1.29 is 9.47 Å². The van der Waals surface area contributed by atoms with E-state index >= 15 is 0 Å². The normalized spacial score (nSPS) is 16.1. The van der Waals surface area contributed by atoms with E-state index in [-0.39, 0.29) is 5.54 Å². The van der Waals surface area contributed by atoms with Crippen LogP contribution in [0.5, 0.6) is 5.75 Å². The van der Waals surface area contributed by atoms with Crippen LogP contribution in [0, 0.1) is 6.92 Å². The molecule has 0 saturated carbocycles. The second kappa shape index (κ2) is 11.3. The van der Waals surface area contributed by atoms with Crippen LogP contribution in [0.1, 0.15) is 44.2 Å². The molecular formula is C22H38N4O2. The quantitative estimate of drug-likeness (QED) is 0.386. The monoisotopic (exact) mass is 390 g/mol. The highest BCUT2D eigenvalue weighted by molar-refractivity contribution is 5.79. The van der Waals surface area contributed by atoms with Gasteiger partial charge in [-0.15, -0.1) is 0 Å². The number of likely N-dealkylation sites (tertiary alicyclic amines) is 1. The highest BCUT2D eigenvalue weighted by atomic mass is 16.5. The molecule has 28 heavy (non-hydrogen) atoms. The van der Waals surface area contributed by atoms with Gasteiger partial charge >= 0.3 is 0 Å². The van der Waals surface area contributed by atoms with Crippen LogP contribution in [0.2, 0.25) is 0 Å². The maximum absolute atomic E-state index is 5.89. The first-order valence-electron chi connectivity index (χ1n) is 10.4. The maximum Gasteiger partial charge on any atom is 0.191 e. The molecule has 0 atom stereocenters. The van der Waals surface area contributed by atoms with Gasteiger partial charge in [0.15, 0.2) is 5.96 Å². The summed E-state index contributed by atoms with van der Waals surface area (Å²) in [7, 11) is 3.50. The average Bonchev–Trinajstić information content (AvgIpc) is 2.70. The molecule has 1 aliphatic rings. The summed E-state index contributed by atoms with van der Waals surface area (Å²) in [6.45, 7) is 11.7. The smallest absolute Gasteiger partial charge is 0.191 e. The minimum atomic E-state index is 0.107. The third-order valence-electron chi connectivity index (χ3n) is 5.34. The number of hydrogen-bond acceptors (Lipinski definition) is 4. The molecule has 1 heterocycles. The number of benzene rings is 1. The molecule has 1 fully saturated rings. The van der Waals surface area contributed by atoms with Gasteiger partial charge in [-0.1, -0.05) is 18.6 Å². The van der Waals surface area contributed by atoms with Crippen molar-refractivity contribution in [3.8, 4) is 5.75 Å². The Balaban J connectivity index is 1.89. The summed E-state index contributed by atoms with van der Waals surface area (Å²) in [6, 6.07) is 6.29. The molecule has 0 radical (unpaired) electrons. The van der Waals surface area contributed by atoms with E-state index in [1.165, 1.54) is 37.9 Å². The van der Waals surface area contributed by atoms with E-state index in [4.69, 9.17) is 9.47 Å². The molecule has 1 saturated heterocycles. The summed E-state index contributed by atoms with van der Waals surface area (Å²) in [4.78, 5) is 6.97. The number of aryl methyl sites for hydroxylation is 1. The minimum Gasteiger partial charge on any atom is -0.491 e. The Labute approximate surface area is 170 Å². The van der Waals surface area contributed by atoms with Crippen LogP contribution >= 0.6 is 0 Å². The average molecular weight is 391 g/mol. The predicted molar refractivity (Wildman–Crippen MR) is 116 cm³/mol. The van der Waals surface area contributed by atoms with Gasteiger partial charge in [0.05, 0.1) is 6.61 Å². The van der Waals surface area contributed by atoms with Crippen LogP contribution in [0.25, 0.3) is 0 Å². The van der Waals surface area contributed by atoms with E-state index in [9.17, 15) is 0 Å². The lowest BCUT2D eigenvalue weighted by Gasteiger charge is -2.41. The van der Waals surface area contributed by atoms with Gasteiger partial charge in [-0.3, -0.25) is 9.89 Å². The molecule has 0 spiro atoms. The van der Waals surface area contributed by atoms with Crippen molar-refractivity contribution >= 4 is 5.96 Å². The number of hydrogen-bond donors (Lipinski definition) is 2. The lowest BCUT2D eigenvalue weighted by molar-refractivity contribution is 0.0982. The molecule has 1 aliphatic heterocycles. The number of guanidine groups is 1. The Morgan fingerprint density at radius 3 is 2.57 bits per heavy atom. The molecule has 158 valence electrons. The summed E-state index contributed by atoms with van der Waals surface area (Å²) in [5.41, 5.74) is 2.40. The highest BCUT2D eigenvalue weighted by Gasteiger charge is 2.27. The predicted octanol–water partition coefficient (Wildman–Crippen LogP) is 2.95. The SMILES string of the molecule is CN=C(NCc1ccc(C)cc1OCCOC)NCC(C)(C)N1CCCCC1. The largest absolute Gasteiger partial charge is 0.491 e. The van der Waals surface area contributed by atoms with E-state index in [0.717, 1.165) is 23.8 Å². The van der Waals surface area contributed by atoms with Crippen molar-refractivity contribution in [2.45, 2.75) is 52.1 Å². The van der Waals surface area contributed by atoms with Crippen LogP contribution < -0.4 is 15.4 Å². The second-order valence-corrected chi connectivity index (χ2v) is 8.09. The Hall–Kier alpha value is -1.79. The highest BCUT2D eigenvalue weighted by Crippen LogP contribution is 2.21. The zero-order valence-corrected chi connectivity index (χ0v) is 18.3. The number of nitrogens with zero attached hydrogens (tertiary/aromatic N) is 2. The molecule has 1 aromatic rings. The minimum absolute atomic E-state index is 0.107. The Kier molecular flexibility index (Phi) is 9.06. The summed E-state index contributed by atoms with van der Waals surface area (Å²) >= 11 is 0. The van der Waals surface area contributed by atoms with Crippen molar-refractivity contribution in [1.29, 1.82) is 0 Å². The van der Waals surface area contributed by atoms with Gasteiger partial charge in [0.1, 0.15) is 12.4 Å². The molecule has 0 aromatic heterocycles. The van der Waals surface area contributed by atoms with Gasteiger partial charge in [-0.05, 0) is 58.3 Å². The second-order valence-electron chi connectivity index (χ2n) is 8.09. The van der Waals surface area contributed by atoms with Crippen molar-refractivity contribution in [2.24, 2.45) is 4.99 Å². The number of ether oxygens (including phenoxy) is 2. The zero-order valence-electron chi connectivity index (χ0n) is 18.3. The van der Waals surface area contributed by atoms with Crippen molar-refractivity contribution in [2.75, 3.05) is 47.0 Å². The number of piperidine rings is 1. The molecule has 0 aliphatic carbocycles. The molecule has 0 amide bonds. The lowest BCUT2D eigenvalue weighted by atomic mass is 9.98. The fourth-order valence-corrected chi connectivity index (χ4v) is 3.49. The third-order valence-corrected chi connectivity index (χ3v) is 5.34. The van der Waals surface area contributed by atoms with Crippen molar-refractivity contribution in [3.63, 3.8) is 0 Å². The van der Waals surface area contributed by atoms with Crippen LogP contribution in [0.15, 0.2) is 23.2 Å². The maximum atomic E-state index is 5.89. The van der Waals surface area contributed by atoms with E-state index < -0.39 is 0 Å². The molecule has 2 N–H and O–H groups in total. The Morgan fingerprint density at radius 1 is 1.14 bits per heavy atom. The molecule has 2 rings (SSSR count). The number of nitrogens with one attached hydrogen (secondary N) is 2. The van der Waals surface area contributed by atoms with Gasteiger partial charge in [-0.2, -0.15) is 0 Å². The molecule has 6 nitrogen and oxygen atoms in total. The fraction of sp³-hybridized carbons (Fsp3) is 0.682. The Morgan fingerprint density at radius 2 is 1.89 bits per heavy atom. The van der Waals surface area contributed by atoms with Gasteiger partial charge in [0.25, 0.3) is 0 Å². The summed E-state index contributed by atoms with van der Waals surface area (Å²) in [6.07, 6.45) is 3.96. The first-order valence-corrected chi connectivity index (χ1v) is 10.4. The van der Waals surface area contributed by atoms with E-state index in [1.54, 1.807) is 7.11 Å². The van der Waals surface area contributed by atoms with Gasteiger partial charge in [-0.25, -0.2) is 0 Å². The molecule has 0 unspecified atom stereocenters. The topological polar surface area (TPSA) is 58.1 Å². The van der Waals surface area contributed by atoms with Crippen LogP contribution in [-0.4, -0.2) is 63.4 Å². The summed E-state index contributed by atoms with van der Waals surface area (Å²) < 4.78 is 11.0. The van der Waals surface area contributed by atoms with Crippen LogP contribution in [0.4, 0.5) is 0 Å². The Bertz CT molecular complexity index is 625. The lowest BCUT2D eigenvalue weighted by Crippen LogP contribution is -2.54. The molecular weight excluding hydrogens is 352 g/mol. The van der Waals surface area contributed by atoms with Crippen molar-refractivity contribution in [1.82, 2.24) is 15.5 Å². The standard InChI is InChI=1S/C22H38N4O2/c1-18-9-10-19(20(15-18)28-14-13-27-5)16-24-21(23-4)25-17-22(2,3)26-11-7-6-8-12-26/h9-10,15H,6-8,11-14,16-17H2,1-5H3,(H2,23,24,25). The molecule has 0 bridgehead atoms. The van der Waals surface area contributed by atoms with Crippen molar-refractivity contribution in [3.05, 3.63) is 29.3 Å². The fourth-order valence-electron chi connectivity index (χ4n) is 3.49. The van der Waals surface area contributed by atoms with Gasteiger partial charge in [0, 0.05) is 38.3 Å². The summed E-state index contributed by atoms with van der Waals surface area (Å²) in [5.74, 6) is 1.71. The van der Waals surface area contributed by atoms with Crippen LogP contribution in [-0.2, 0) is 11.3 Å². The van der Waals surface area contributed by atoms with E-state index in [0.29, 0.717) is 19.8 Å². The third kappa shape index (κ3) is 6.99. The van der Waals surface area contributed by atoms with Gasteiger partial charge < -0.3 is 20.1 Å². The first-order chi connectivity index (χ1) is 13.5. The molecule has 1 aromatic carbocycles. The number of methoxy groups -OCH3 is 1. The van der Waals surface area contributed by atoms with Crippen LogP contribution in [0.3, 0.4) is 0 Å². The van der Waals surface area contributed by atoms with Gasteiger partial charge in [0.2, 0.25) is 0 Å². The van der Waals surface area contributed by atoms with E-state index in [1.807, 2.05) is 7.05 Å². The number of rotatable bonds is 9. The molecule has 6 heteroatoms. The number of aliphatic imine (C=N–C) groups is 1. The summed E-state index contributed by atoms with van der Waals surface area (Å²) in [5, 5.41) is 6.92. The van der Waals surface area contributed by atoms with E-state index in [2.05, 4.69) is 59.5 Å². The zero-order chi connectivity index (χ0) is 20.4. The first kappa shape index (κ1) is 22.5.